The molecule has 0 saturated carbocycles. The summed E-state index contributed by atoms with van der Waals surface area (Å²) < 4.78 is 70.8. The normalized spacial score (nSPS) is 11.0. The molecule has 0 radical (unpaired) electrons. The molecule has 52 heavy (non-hydrogen) atoms. The second-order valence-corrected chi connectivity index (χ2v) is 10.4. The first kappa shape index (κ1) is 39.9. The van der Waals surface area contributed by atoms with E-state index in [0.717, 1.165) is 24.3 Å². The molecule has 0 amide bonds. The zero-order valence-electron chi connectivity index (χ0n) is 27.5. The summed E-state index contributed by atoms with van der Waals surface area (Å²) in [5.41, 5.74) is 2.64. The molecule has 0 aromatic heterocycles. The van der Waals surface area contributed by atoms with Crippen LogP contribution in [0, 0.1) is 23.3 Å². The fourth-order valence-corrected chi connectivity index (χ4v) is 3.67. The van der Waals surface area contributed by atoms with E-state index in [0.29, 0.717) is 22.3 Å². The number of carbonyl (C=O) groups is 4. The van der Waals surface area contributed by atoms with E-state index in [9.17, 15) is 36.7 Å². The molecule has 4 rings (SSSR count). The molecule has 0 unspecified atom stereocenters. The Hall–Kier alpha value is -6.56. The second kappa shape index (κ2) is 22.2. The Bertz CT molecular complexity index is 1590. The molecule has 4 aromatic rings. The van der Waals surface area contributed by atoms with E-state index in [-0.39, 0.29) is 49.7 Å². The zero-order valence-corrected chi connectivity index (χ0v) is 27.5. The standard InChI is InChI=1S/2C20H16F2O4/c2*21-17-9-5-15(6-10-17)13-25-19(23)3-1-2-4-20(24)26-14-16-7-11-18(22)12-8-16/h2*1-12H,13-14H2/b2*3-1+,4-2+. The molecule has 0 aliphatic heterocycles. The lowest BCUT2D eigenvalue weighted by molar-refractivity contribution is -0.140. The highest BCUT2D eigenvalue weighted by atomic mass is 19.1. The third-order valence-corrected chi connectivity index (χ3v) is 6.33. The van der Waals surface area contributed by atoms with Crippen molar-refractivity contribution in [3.05, 3.63) is 191 Å². The quantitative estimate of drug-likeness (QED) is 0.0430. The lowest BCUT2D eigenvalue weighted by Gasteiger charge is -2.02. The van der Waals surface area contributed by atoms with Gasteiger partial charge in [0.15, 0.2) is 0 Å². The molecule has 0 aliphatic rings. The molecule has 8 nitrogen and oxygen atoms in total. The van der Waals surface area contributed by atoms with Crippen LogP contribution in [0.3, 0.4) is 0 Å². The molecule has 0 atom stereocenters. The van der Waals surface area contributed by atoms with Gasteiger partial charge in [0.25, 0.3) is 0 Å². The summed E-state index contributed by atoms with van der Waals surface area (Å²) in [4.78, 5) is 46.0. The Kier molecular flexibility index (Phi) is 17.0. The lowest BCUT2D eigenvalue weighted by atomic mass is 10.2. The van der Waals surface area contributed by atoms with Gasteiger partial charge in [-0.15, -0.1) is 0 Å². The fraction of sp³-hybridized carbons (Fsp3) is 0.100. The van der Waals surface area contributed by atoms with Crippen molar-refractivity contribution < 1.29 is 55.7 Å². The second-order valence-electron chi connectivity index (χ2n) is 10.4. The van der Waals surface area contributed by atoms with Crippen LogP contribution in [0.2, 0.25) is 0 Å². The minimum Gasteiger partial charge on any atom is -0.458 e. The minimum atomic E-state index is -0.598. The summed E-state index contributed by atoms with van der Waals surface area (Å²) in [6.45, 7) is 0.0829. The van der Waals surface area contributed by atoms with Crippen LogP contribution in [0.5, 0.6) is 0 Å². The molecule has 0 aliphatic carbocycles. The van der Waals surface area contributed by atoms with E-state index in [4.69, 9.17) is 18.9 Å². The van der Waals surface area contributed by atoms with Gasteiger partial charge in [0.2, 0.25) is 0 Å². The van der Waals surface area contributed by atoms with E-state index in [1.807, 2.05) is 0 Å². The van der Waals surface area contributed by atoms with Gasteiger partial charge in [-0.3, -0.25) is 0 Å². The van der Waals surface area contributed by atoms with Crippen molar-refractivity contribution in [1.29, 1.82) is 0 Å². The molecule has 4 aromatic carbocycles. The van der Waals surface area contributed by atoms with E-state index in [1.54, 1.807) is 0 Å². The highest BCUT2D eigenvalue weighted by Gasteiger charge is 2.02. The molecule has 268 valence electrons. The fourth-order valence-electron chi connectivity index (χ4n) is 3.67. The number of allylic oxidation sites excluding steroid dienone is 4. The predicted octanol–water partition coefficient (Wildman–Crippen LogP) is 7.73. The average molecular weight is 717 g/mol. The van der Waals surface area contributed by atoms with Crippen LogP contribution in [0.15, 0.2) is 146 Å². The largest absolute Gasteiger partial charge is 0.458 e. The maximum atomic E-state index is 12.7. The van der Waals surface area contributed by atoms with Crippen molar-refractivity contribution in [1.82, 2.24) is 0 Å². The predicted molar refractivity (Wildman–Crippen MR) is 181 cm³/mol. The zero-order chi connectivity index (χ0) is 37.6. The summed E-state index contributed by atoms with van der Waals surface area (Å²) in [5, 5.41) is 0. The molecular formula is C40H32F4O8. The number of rotatable bonds is 14. The number of carbonyl (C=O) groups excluding carboxylic acids is 4. The molecule has 0 fully saturated rings. The monoisotopic (exact) mass is 716 g/mol. The van der Waals surface area contributed by atoms with Crippen LogP contribution in [0.25, 0.3) is 0 Å². The van der Waals surface area contributed by atoms with Crippen LogP contribution in [-0.2, 0) is 64.6 Å². The van der Waals surface area contributed by atoms with Crippen molar-refractivity contribution in [3.63, 3.8) is 0 Å². The Morgan fingerprint density at radius 1 is 0.346 bits per heavy atom. The Morgan fingerprint density at radius 3 is 0.692 bits per heavy atom. The van der Waals surface area contributed by atoms with Crippen LogP contribution < -0.4 is 0 Å². The van der Waals surface area contributed by atoms with Crippen LogP contribution >= 0.6 is 0 Å². The number of halogens is 4. The maximum absolute atomic E-state index is 12.7. The molecule has 0 saturated heterocycles. The molecule has 0 bridgehead atoms. The van der Waals surface area contributed by atoms with Crippen molar-refractivity contribution in [2.75, 3.05) is 0 Å². The van der Waals surface area contributed by atoms with Gasteiger partial charge in [-0.05, 0) is 70.8 Å². The summed E-state index contributed by atoms with van der Waals surface area (Å²) >= 11 is 0. The Balaban J connectivity index is 0.000000280. The van der Waals surface area contributed by atoms with Gasteiger partial charge in [0, 0.05) is 24.3 Å². The van der Waals surface area contributed by atoms with Crippen LogP contribution in [0.4, 0.5) is 17.6 Å². The van der Waals surface area contributed by atoms with E-state index in [1.165, 1.54) is 121 Å². The van der Waals surface area contributed by atoms with Crippen molar-refractivity contribution >= 4 is 23.9 Å². The van der Waals surface area contributed by atoms with Gasteiger partial charge in [-0.25, -0.2) is 36.7 Å². The summed E-state index contributed by atoms with van der Waals surface area (Å²) in [6.07, 6.45) is 9.94. The lowest BCUT2D eigenvalue weighted by Crippen LogP contribution is -2.01. The van der Waals surface area contributed by atoms with E-state index < -0.39 is 23.9 Å². The van der Waals surface area contributed by atoms with Crippen molar-refractivity contribution in [2.45, 2.75) is 26.4 Å². The number of hydrogen-bond acceptors (Lipinski definition) is 8. The van der Waals surface area contributed by atoms with E-state index in [2.05, 4.69) is 0 Å². The van der Waals surface area contributed by atoms with E-state index >= 15 is 0 Å². The van der Waals surface area contributed by atoms with Gasteiger partial charge in [0.05, 0.1) is 0 Å². The topological polar surface area (TPSA) is 105 Å². The first-order valence-corrected chi connectivity index (χ1v) is 15.4. The Labute approximate surface area is 296 Å². The number of esters is 4. The van der Waals surface area contributed by atoms with Gasteiger partial charge in [-0.1, -0.05) is 72.8 Å². The highest BCUT2D eigenvalue weighted by Crippen LogP contribution is 2.08. The molecule has 0 spiro atoms. The third kappa shape index (κ3) is 17.2. The SMILES string of the molecule is O=C(/C=C/C=C/C(=O)OCc1ccc(F)cc1)OCc1ccc(F)cc1.O=C(/C=C/C=C/C(=O)OCc1ccc(F)cc1)OCc1ccc(F)cc1. The summed E-state index contributed by atoms with van der Waals surface area (Å²) in [5.74, 6) is -3.85. The molecule has 0 N–H and O–H groups in total. The first-order valence-electron chi connectivity index (χ1n) is 15.4. The smallest absolute Gasteiger partial charge is 0.331 e. The molecule has 0 heterocycles. The minimum absolute atomic E-state index is 0.0207. The van der Waals surface area contributed by atoms with Gasteiger partial charge in [0.1, 0.15) is 49.7 Å². The molecular weight excluding hydrogens is 684 g/mol. The van der Waals surface area contributed by atoms with Gasteiger partial charge < -0.3 is 18.9 Å². The number of ether oxygens (including phenoxy) is 4. The summed E-state index contributed by atoms with van der Waals surface area (Å²) in [7, 11) is 0. The maximum Gasteiger partial charge on any atom is 0.331 e. The highest BCUT2D eigenvalue weighted by molar-refractivity contribution is 5.85. The number of benzene rings is 4. The average Bonchev–Trinajstić information content (AvgIpc) is 3.14. The van der Waals surface area contributed by atoms with Crippen molar-refractivity contribution in [3.8, 4) is 0 Å². The third-order valence-electron chi connectivity index (χ3n) is 6.33. The summed E-state index contributed by atoms with van der Waals surface area (Å²) in [6, 6.07) is 22.4. The first-order chi connectivity index (χ1) is 25.0. The van der Waals surface area contributed by atoms with Crippen LogP contribution in [-0.4, -0.2) is 23.9 Å². The Morgan fingerprint density at radius 2 is 0.519 bits per heavy atom. The van der Waals surface area contributed by atoms with Gasteiger partial charge in [-0.2, -0.15) is 0 Å². The number of hydrogen-bond donors (Lipinski definition) is 0. The van der Waals surface area contributed by atoms with Crippen molar-refractivity contribution in [2.24, 2.45) is 0 Å². The van der Waals surface area contributed by atoms with Crippen LogP contribution in [0.1, 0.15) is 22.3 Å². The van der Waals surface area contributed by atoms with Gasteiger partial charge >= 0.3 is 23.9 Å². The molecule has 12 heteroatoms.